The van der Waals surface area contributed by atoms with Crippen LogP contribution in [0.1, 0.15) is 20.3 Å². The van der Waals surface area contributed by atoms with Crippen LogP contribution in [0, 0.1) is 0 Å². The summed E-state index contributed by atoms with van der Waals surface area (Å²) < 4.78 is 10.7. The Morgan fingerprint density at radius 1 is 1.23 bits per heavy atom. The Morgan fingerprint density at radius 2 is 1.85 bits per heavy atom. The third-order valence-electron chi connectivity index (χ3n) is 2.51. The second-order valence-corrected chi connectivity index (χ2v) is 3.98. The van der Waals surface area contributed by atoms with E-state index in [0.29, 0.717) is 6.10 Å². The van der Waals surface area contributed by atoms with Gasteiger partial charge in [-0.1, -0.05) is 11.6 Å². The predicted molar refractivity (Wildman–Crippen MR) is 48.5 cm³/mol. The summed E-state index contributed by atoms with van der Waals surface area (Å²) in [6, 6.07) is 0. The molecule has 2 aliphatic rings. The second kappa shape index (κ2) is 3.40. The first kappa shape index (κ1) is 9.19. The summed E-state index contributed by atoms with van der Waals surface area (Å²) in [6.07, 6.45) is 3.94. The van der Waals surface area contributed by atoms with Gasteiger partial charge in [-0.3, -0.25) is 0 Å². The lowest BCUT2D eigenvalue weighted by Gasteiger charge is -1.88. The lowest BCUT2D eigenvalue weighted by molar-refractivity contribution is 0.240. The molecule has 2 saturated heterocycles. The van der Waals surface area contributed by atoms with E-state index in [-0.39, 0.29) is 24.9 Å². The van der Waals surface area contributed by atoms with E-state index in [4.69, 9.17) is 14.6 Å². The van der Waals surface area contributed by atoms with Crippen LogP contribution in [0.4, 0.5) is 0 Å². The summed E-state index contributed by atoms with van der Waals surface area (Å²) in [5.41, 5.74) is 1.32. The van der Waals surface area contributed by atoms with Crippen LogP contribution in [0.3, 0.4) is 0 Å². The number of hydrogen-bond donors (Lipinski definition) is 1. The zero-order valence-corrected chi connectivity index (χ0v) is 8.06. The molecule has 0 aliphatic carbocycles. The van der Waals surface area contributed by atoms with E-state index < -0.39 is 0 Å². The molecule has 0 saturated carbocycles. The predicted octanol–water partition coefficient (Wildman–Crippen LogP) is 0.870. The Balaban J connectivity index is 1.69. The summed E-state index contributed by atoms with van der Waals surface area (Å²) in [6.45, 7) is 4.29. The zero-order valence-electron chi connectivity index (χ0n) is 8.06. The van der Waals surface area contributed by atoms with Gasteiger partial charge in [-0.25, -0.2) is 0 Å². The first-order valence-electron chi connectivity index (χ1n) is 4.77. The summed E-state index contributed by atoms with van der Waals surface area (Å²) in [5.74, 6) is 0. The normalized spacial score (nSPS) is 41.5. The van der Waals surface area contributed by atoms with Gasteiger partial charge in [0, 0.05) is 0 Å². The molecule has 3 nitrogen and oxygen atoms in total. The largest absolute Gasteiger partial charge is 0.394 e. The van der Waals surface area contributed by atoms with Crippen molar-refractivity contribution in [3.05, 3.63) is 11.6 Å². The molecule has 2 rings (SSSR count). The fraction of sp³-hybridized carbons (Fsp3) is 0.800. The van der Waals surface area contributed by atoms with Crippen molar-refractivity contribution >= 4 is 0 Å². The number of hydrogen-bond acceptors (Lipinski definition) is 3. The average molecular weight is 184 g/mol. The SMILES string of the molecule is CC(C)=CC[C@@H]1O[C@@H]1[C@H]1O[C@H]1CO. The van der Waals surface area contributed by atoms with Crippen molar-refractivity contribution in [2.45, 2.75) is 44.7 Å². The third kappa shape index (κ3) is 2.10. The number of epoxide rings is 2. The highest BCUT2D eigenvalue weighted by atomic mass is 16.7. The molecule has 2 fully saturated rings. The number of aliphatic hydroxyl groups is 1. The summed E-state index contributed by atoms with van der Waals surface area (Å²) in [5, 5.41) is 8.77. The zero-order chi connectivity index (χ0) is 9.42. The van der Waals surface area contributed by atoms with E-state index in [2.05, 4.69) is 19.9 Å². The number of rotatable bonds is 4. The molecule has 0 radical (unpaired) electrons. The maximum atomic E-state index is 8.77. The third-order valence-corrected chi connectivity index (χ3v) is 2.51. The number of allylic oxidation sites excluding steroid dienone is 1. The van der Waals surface area contributed by atoms with Crippen LogP contribution < -0.4 is 0 Å². The molecule has 0 bridgehead atoms. The van der Waals surface area contributed by atoms with Crippen molar-refractivity contribution in [3.8, 4) is 0 Å². The van der Waals surface area contributed by atoms with Crippen LogP contribution in [0.5, 0.6) is 0 Å². The molecule has 74 valence electrons. The fourth-order valence-corrected chi connectivity index (χ4v) is 1.58. The van der Waals surface area contributed by atoms with Crippen LogP contribution in [-0.2, 0) is 9.47 Å². The van der Waals surface area contributed by atoms with Crippen molar-refractivity contribution in [1.29, 1.82) is 0 Å². The van der Waals surface area contributed by atoms with E-state index in [9.17, 15) is 0 Å². The van der Waals surface area contributed by atoms with Gasteiger partial charge in [0.05, 0.1) is 12.7 Å². The first-order valence-corrected chi connectivity index (χ1v) is 4.77. The highest BCUT2D eigenvalue weighted by Gasteiger charge is 2.56. The highest BCUT2D eigenvalue weighted by molar-refractivity contribution is 5.06. The molecule has 4 atom stereocenters. The average Bonchev–Trinajstić information content (AvgIpc) is 2.95. The van der Waals surface area contributed by atoms with Crippen LogP contribution >= 0.6 is 0 Å². The molecule has 1 N–H and O–H groups in total. The van der Waals surface area contributed by atoms with Gasteiger partial charge in [0.2, 0.25) is 0 Å². The van der Waals surface area contributed by atoms with Gasteiger partial charge >= 0.3 is 0 Å². The van der Waals surface area contributed by atoms with Gasteiger partial charge in [-0.2, -0.15) is 0 Å². The van der Waals surface area contributed by atoms with Crippen molar-refractivity contribution < 1.29 is 14.6 Å². The highest BCUT2D eigenvalue weighted by Crippen LogP contribution is 2.40. The Hall–Kier alpha value is -0.380. The van der Waals surface area contributed by atoms with Crippen molar-refractivity contribution in [3.63, 3.8) is 0 Å². The van der Waals surface area contributed by atoms with Crippen LogP contribution in [0.25, 0.3) is 0 Å². The molecule has 3 heteroatoms. The van der Waals surface area contributed by atoms with E-state index in [0.717, 1.165) is 6.42 Å². The summed E-state index contributed by atoms with van der Waals surface area (Å²) >= 11 is 0. The lowest BCUT2D eigenvalue weighted by atomic mass is 10.1. The van der Waals surface area contributed by atoms with Crippen molar-refractivity contribution in [1.82, 2.24) is 0 Å². The van der Waals surface area contributed by atoms with Crippen LogP contribution in [0.15, 0.2) is 11.6 Å². The van der Waals surface area contributed by atoms with Gasteiger partial charge in [0.25, 0.3) is 0 Å². The van der Waals surface area contributed by atoms with Crippen molar-refractivity contribution in [2.75, 3.05) is 6.61 Å². The second-order valence-electron chi connectivity index (χ2n) is 3.98. The van der Waals surface area contributed by atoms with E-state index >= 15 is 0 Å². The maximum Gasteiger partial charge on any atom is 0.115 e. The summed E-state index contributed by atoms with van der Waals surface area (Å²) in [7, 11) is 0. The topological polar surface area (TPSA) is 45.3 Å². The summed E-state index contributed by atoms with van der Waals surface area (Å²) in [4.78, 5) is 0. The Morgan fingerprint density at radius 3 is 2.38 bits per heavy atom. The molecule has 13 heavy (non-hydrogen) atoms. The maximum absolute atomic E-state index is 8.77. The Bertz CT molecular complexity index is 220. The Kier molecular flexibility index (Phi) is 2.41. The quantitative estimate of drug-likeness (QED) is 0.521. The van der Waals surface area contributed by atoms with Crippen LogP contribution in [0.2, 0.25) is 0 Å². The first-order chi connectivity index (χ1) is 6.22. The van der Waals surface area contributed by atoms with Gasteiger partial charge in [-0.15, -0.1) is 0 Å². The Labute approximate surface area is 78.3 Å². The lowest BCUT2D eigenvalue weighted by Crippen LogP contribution is -2.07. The molecular formula is C10H16O3. The minimum Gasteiger partial charge on any atom is -0.394 e. The molecule has 0 amide bonds. The van der Waals surface area contributed by atoms with Gasteiger partial charge < -0.3 is 14.6 Å². The fourth-order valence-electron chi connectivity index (χ4n) is 1.58. The molecule has 2 aliphatic heterocycles. The molecule has 2 heterocycles. The number of ether oxygens (including phenoxy) is 2. The van der Waals surface area contributed by atoms with E-state index in [1.165, 1.54) is 5.57 Å². The van der Waals surface area contributed by atoms with Gasteiger partial charge in [0.1, 0.15) is 18.3 Å². The number of aliphatic hydroxyl groups excluding tert-OH is 1. The van der Waals surface area contributed by atoms with Gasteiger partial charge in [0.15, 0.2) is 0 Å². The molecule has 0 unspecified atom stereocenters. The van der Waals surface area contributed by atoms with E-state index in [1.807, 2.05) is 0 Å². The van der Waals surface area contributed by atoms with E-state index in [1.54, 1.807) is 0 Å². The molecule has 0 aromatic carbocycles. The standard InChI is InChI=1S/C10H16O3/c1-6(2)3-4-7-9(12-7)10-8(5-11)13-10/h3,7-11H,4-5H2,1-2H3/t7-,8-,9-,10-/m0/s1. The monoisotopic (exact) mass is 184 g/mol. The van der Waals surface area contributed by atoms with Crippen LogP contribution in [-0.4, -0.2) is 36.1 Å². The van der Waals surface area contributed by atoms with Gasteiger partial charge in [-0.05, 0) is 20.3 Å². The molecule has 0 spiro atoms. The van der Waals surface area contributed by atoms with Crippen molar-refractivity contribution in [2.24, 2.45) is 0 Å². The minimum absolute atomic E-state index is 0.0432. The minimum atomic E-state index is 0.0432. The molecule has 0 aromatic heterocycles. The molecule has 0 aromatic rings. The molecular weight excluding hydrogens is 168 g/mol. The smallest absolute Gasteiger partial charge is 0.115 e.